The number of nitrogens with zero attached hydrogens (tertiary/aromatic N) is 2. The van der Waals surface area contributed by atoms with Crippen molar-refractivity contribution in [3.05, 3.63) is 93.7 Å². The summed E-state index contributed by atoms with van der Waals surface area (Å²) in [5, 5.41) is 15.8. The van der Waals surface area contributed by atoms with Crippen LogP contribution in [0.3, 0.4) is 0 Å². The Bertz CT molecular complexity index is 1380. The molecule has 4 rings (SSSR count). The largest absolute Gasteiger partial charge is 0.503 e. The highest BCUT2D eigenvalue weighted by Gasteiger charge is 2.44. The number of H-pyrrole nitrogens is 1. The monoisotopic (exact) mass is 501 g/mol. The van der Waals surface area contributed by atoms with Gasteiger partial charge in [0.15, 0.2) is 11.4 Å². The van der Waals surface area contributed by atoms with Gasteiger partial charge < -0.3 is 10.0 Å². The summed E-state index contributed by atoms with van der Waals surface area (Å²) in [5.41, 5.74) is -0.676. The summed E-state index contributed by atoms with van der Waals surface area (Å²) in [6.45, 7) is 0.197. The Morgan fingerprint density at radius 2 is 1.89 bits per heavy atom. The number of nitrogens with one attached hydrogen (secondary N) is 1. The van der Waals surface area contributed by atoms with E-state index in [2.05, 4.69) is 10.2 Å². The van der Waals surface area contributed by atoms with Gasteiger partial charge in [0, 0.05) is 12.5 Å². The summed E-state index contributed by atoms with van der Waals surface area (Å²) in [6, 6.07) is 13.9. The molecule has 0 radical (unpaired) electrons. The Morgan fingerprint density at radius 1 is 1.20 bits per heavy atom. The van der Waals surface area contributed by atoms with Crippen molar-refractivity contribution in [1.82, 2.24) is 15.1 Å². The first-order valence-corrected chi connectivity index (χ1v) is 12.7. The van der Waals surface area contributed by atoms with Crippen molar-refractivity contribution in [2.75, 3.05) is 12.8 Å². The average Bonchev–Trinajstić information content (AvgIpc) is 3.31. The molecule has 0 unspecified atom stereocenters. The fourth-order valence-electron chi connectivity index (χ4n) is 4.54. The van der Waals surface area contributed by atoms with Crippen molar-refractivity contribution in [2.45, 2.75) is 30.9 Å². The number of halogens is 1. The number of likely N-dealkylation sites (tertiary alicyclic amines) is 1. The van der Waals surface area contributed by atoms with E-state index in [1.165, 1.54) is 17.0 Å². The lowest BCUT2D eigenvalue weighted by Gasteiger charge is -2.36. The van der Waals surface area contributed by atoms with Gasteiger partial charge >= 0.3 is 0 Å². The molecule has 3 atom stereocenters. The van der Waals surface area contributed by atoms with E-state index in [1.54, 1.807) is 42.5 Å². The Balaban J connectivity index is 1.84. The second-order valence-electron chi connectivity index (χ2n) is 8.33. The first-order chi connectivity index (χ1) is 16.7. The molecular formula is C24H24FN3O6S. The number of aromatic hydroxyl groups is 1. The van der Waals surface area contributed by atoms with Crippen molar-refractivity contribution < 1.29 is 26.9 Å². The van der Waals surface area contributed by atoms with E-state index in [-0.39, 0.29) is 12.1 Å². The number of aromatic amines is 1. The van der Waals surface area contributed by atoms with Crippen molar-refractivity contribution in [1.29, 1.82) is 0 Å². The minimum atomic E-state index is -4.05. The molecule has 9 nitrogen and oxygen atoms in total. The lowest BCUT2D eigenvalue weighted by Crippen LogP contribution is -2.48. The zero-order valence-electron chi connectivity index (χ0n) is 18.8. The zero-order valence-corrected chi connectivity index (χ0v) is 19.6. The van der Waals surface area contributed by atoms with Gasteiger partial charge in [-0.15, -0.1) is 0 Å². The van der Waals surface area contributed by atoms with E-state index in [0.29, 0.717) is 18.4 Å². The predicted octanol–water partition coefficient (Wildman–Crippen LogP) is 2.40. The van der Waals surface area contributed by atoms with Crippen LogP contribution in [-0.4, -0.2) is 59.5 Å². The van der Waals surface area contributed by atoms with E-state index < -0.39 is 56.8 Å². The molecule has 11 heteroatoms. The van der Waals surface area contributed by atoms with Crippen LogP contribution < -0.4 is 5.43 Å². The highest BCUT2D eigenvalue weighted by Crippen LogP contribution is 2.38. The van der Waals surface area contributed by atoms with E-state index in [9.17, 15) is 23.1 Å². The molecule has 3 aromatic rings. The molecule has 0 bridgehead atoms. The molecule has 1 fully saturated rings. The number of carbonyl (C=O) groups excluding carboxylic acids is 1. The van der Waals surface area contributed by atoms with Gasteiger partial charge in [-0.3, -0.25) is 18.9 Å². The number of hydrogen-bond acceptors (Lipinski definition) is 7. The molecule has 1 aromatic heterocycles. The molecule has 1 saturated heterocycles. The smallest absolute Gasteiger partial charge is 0.278 e. The molecule has 1 aliphatic rings. The summed E-state index contributed by atoms with van der Waals surface area (Å²) in [6.07, 6.45) is 1.49. The molecule has 35 heavy (non-hydrogen) atoms. The van der Waals surface area contributed by atoms with E-state index in [1.807, 2.05) is 0 Å². The van der Waals surface area contributed by atoms with Crippen LogP contribution in [0.1, 0.15) is 40.4 Å². The molecule has 2 heterocycles. The van der Waals surface area contributed by atoms with Crippen LogP contribution in [0.4, 0.5) is 4.39 Å². The van der Waals surface area contributed by atoms with Gasteiger partial charge in [-0.25, -0.2) is 4.39 Å². The minimum absolute atomic E-state index is 0.197. The first-order valence-electron chi connectivity index (χ1n) is 10.9. The van der Waals surface area contributed by atoms with Crippen LogP contribution in [0.25, 0.3) is 0 Å². The van der Waals surface area contributed by atoms with Crippen molar-refractivity contribution in [3.8, 4) is 5.75 Å². The molecule has 1 amide bonds. The maximum Gasteiger partial charge on any atom is 0.278 e. The van der Waals surface area contributed by atoms with Gasteiger partial charge in [0.25, 0.3) is 21.5 Å². The van der Waals surface area contributed by atoms with E-state index in [4.69, 9.17) is 4.18 Å². The van der Waals surface area contributed by atoms with Gasteiger partial charge in [0.2, 0.25) is 0 Å². The Kier molecular flexibility index (Phi) is 6.99. The lowest BCUT2D eigenvalue weighted by molar-refractivity contribution is 0.0526. The normalized spacial score (nSPS) is 17.8. The number of benzene rings is 2. The average molecular weight is 502 g/mol. The topological polar surface area (TPSA) is 130 Å². The highest BCUT2D eigenvalue weighted by molar-refractivity contribution is 7.86. The quantitative estimate of drug-likeness (QED) is 0.476. The molecule has 0 aliphatic carbocycles. The highest BCUT2D eigenvalue weighted by atomic mass is 32.2. The SMILES string of the molecule is CS(=O)(=O)O[C@H]([C@H](c1ccccc1)c1ccccc1F)[C@H]1CCCN1C(=O)c1n[nH]cc(O)c1=O. The first kappa shape index (κ1) is 24.6. The fraction of sp³-hybridized carbons (Fsp3) is 0.292. The van der Waals surface area contributed by atoms with Gasteiger partial charge in [-0.1, -0.05) is 48.5 Å². The van der Waals surface area contributed by atoms with Gasteiger partial charge in [0.05, 0.1) is 18.5 Å². The third-order valence-electron chi connectivity index (χ3n) is 5.98. The standard InChI is InChI=1S/C24H24FN3O6S/c1-35(32,33)34-23(20(15-8-3-2-4-9-15)16-10-5-6-11-17(16)25)18-12-7-13-28(18)24(31)21-22(30)19(29)14-26-27-21/h2-6,8-11,14,18,20,23H,7,12-13H2,1H3,(H,26,30)(H,27,29)/t18-,20-,23+/m1/s1. The maximum atomic E-state index is 15.1. The summed E-state index contributed by atoms with van der Waals surface area (Å²) in [4.78, 5) is 27.0. The van der Waals surface area contributed by atoms with E-state index >= 15 is 4.39 Å². The third-order valence-corrected chi connectivity index (χ3v) is 6.55. The molecule has 2 aromatic carbocycles. The van der Waals surface area contributed by atoms with Crippen LogP contribution in [-0.2, 0) is 14.3 Å². The van der Waals surface area contributed by atoms with Gasteiger partial charge in [-0.05, 0) is 30.0 Å². The summed E-state index contributed by atoms with van der Waals surface area (Å²) < 4.78 is 45.4. The van der Waals surface area contributed by atoms with E-state index in [0.717, 1.165) is 12.5 Å². The maximum absolute atomic E-state index is 15.1. The zero-order chi connectivity index (χ0) is 25.2. The van der Waals surface area contributed by atoms with Crippen LogP contribution in [0, 0.1) is 5.82 Å². The number of hydrogen-bond donors (Lipinski definition) is 2. The summed E-state index contributed by atoms with van der Waals surface area (Å²) in [5.74, 6) is -2.89. The Morgan fingerprint density at radius 3 is 2.57 bits per heavy atom. The number of amides is 1. The summed E-state index contributed by atoms with van der Waals surface area (Å²) in [7, 11) is -4.05. The van der Waals surface area contributed by atoms with Crippen LogP contribution in [0.5, 0.6) is 5.75 Å². The van der Waals surface area contributed by atoms with Crippen molar-refractivity contribution in [3.63, 3.8) is 0 Å². The number of rotatable bonds is 7. The molecule has 0 spiro atoms. The van der Waals surface area contributed by atoms with Crippen LogP contribution in [0.2, 0.25) is 0 Å². The van der Waals surface area contributed by atoms with Crippen molar-refractivity contribution in [2.24, 2.45) is 0 Å². The Labute approximate surface area is 201 Å². The fourth-order valence-corrected chi connectivity index (χ4v) is 5.18. The molecule has 184 valence electrons. The summed E-state index contributed by atoms with van der Waals surface area (Å²) >= 11 is 0. The predicted molar refractivity (Wildman–Crippen MR) is 125 cm³/mol. The number of carbonyl (C=O) groups is 1. The molecule has 2 N–H and O–H groups in total. The van der Waals surface area contributed by atoms with Crippen molar-refractivity contribution >= 4 is 16.0 Å². The number of aromatic nitrogens is 2. The minimum Gasteiger partial charge on any atom is -0.503 e. The third kappa shape index (κ3) is 5.25. The molecule has 0 saturated carbocycles. The van der Waals surface area contributed by atoms with Gasteiger partial charge in [-0.2, -0.15) is 13.5 Å². The second kappa shape index (κ2) is 9.96. The lowest BCUT2D eigenvalue weighted by atomic mass is 9.82. The van der Waals surface area contributed by atoms with Crippen LogP contribution >= 0.6 is 0 Å². The van der Waals surface area contributed by atoms with Crippen LogP contribution in [0.15, 0.2) is 65.6 Å². The molecule has 1 aliphatic heterocycles. The Hall–Kier alpha value is -3.57. The second-order valence-corrected chi connectivity index (χ2v) is 9.93. The molecular weight excluding hydrogens is 477 g/mol. The van der Waals surface area contributed by atoms with Gasteiger partial charge in [0.1, 0.15) is 11.9 Å².